The molecule has 2 fully saturated rings. The van der Waals surface area contributed by atoms with E-state index in [0.717, 1.165) is 17.5 Å². The van der Waals surface area contributed by atoms with Crippen molar-refractivity contribution in [2.24, 2.45) is 11.8 Å². The Hall–Kier alpha value is -6.09. The number of benzene rings is 8. The largest absolute Gasteiger partial charge is 0.310 e. The number of anilines is 3. The molecule has 11 rings (SSSR count). The molecule has 1 nitrogen and oxygen atoms in total. The molecule has 294 valence electrons. The van der Waals surface area contributed by atoms with Crippen molar-refractivity contribution in [1.29, 1.82) is 0 Å². The zero-order valence-corrected chi connectivity index (χ0v) is 35.4. The van der Waals surface area contributed by atoms with Crippen LogP contribution in [0.3, 0.4) is 0 Å². The molecule has 2 bridgehead atoms. The van der Waals surface area contributed by atoms with Gasteiger partial charge in [0.2, 0.25) is 0 Å². The highest BCUT2D eigenvalue weighted by Gasteiger charge is 2.41. The van der Waals surface area contributed by atoms with Gasteiger partial charge in [0.1, 0.15) is 0 Å². The van der Waals surface area contributed by atoms with Crippen LogP contribution in [0.1, 0.15) is 62.1 Å². The molecule has 0 saturated heterocycles. The Morgan fingerprint density at radius 1 is 0.450 bits per heavy atom. The van der Waals surface area contributed by atoms with Gasteiger partial charge in [0, 0.05) is 42.1 Å². The summed E-state index contributed by atoms with van der Waals surface area (Å²) < 4.78 is 0. The van der Waals surface area contributed by atoms with E-state index in [1.807, 2.05) is 0 Å². The van der Waals surface area contributed by atoms with E-state index in [2.05, 4.69) is 225 Å². The molecule has 0 amide bonds. The maximum atomic E-state index is 2.50. The number of hydrogen-bond donors (Lipinski definition) is 0. The molecular weight excluding hydrogens is 743 g/mol. The van der Waals surface area contributed by atoms with Crippen molar-refractivity contribution in [3.05, 3.63) is 223 Å². The summed E-state index contributed by atoms with van der Waals surface area (Å²) in [5.74, 6) is 2.48. The number of hydrogen-bond acceptors (Lipinski definition) is 1. The Labute approximate surface area is 357 Å². The fourth-order valence-electron chi connectivity index (χ4n) is 11.2. The Bertz CT molecular complexity index is 2680. The molecule has 60 heavy (non-hydrogen) atoms. The fourth-order valence-corrected chi connectivity index (χ4v) is 15.1. The number of nitrogens with zero attached hydrogens (tertiary/aromatic N) is 1. The third-order valence-electron chi connectivity index (χ3n) is 14.1. The van der Waals surface area contributed by atoms with Gasteiger partial charge in [-0.15, -0.1) is 10.0 Å². The summed E-state index contributed by atoms with van der Waals surface area (Å²) in [6, 6.07) is 77.7. The van der Waals surface area contributed by atoms with Gasteiger partial charge >= 0.3 is 0 Å². The highest BCUT2D eigenvalue weighted by molar-refractivity contribution is 8.34. The quantitative estimate of drug-likeness (QED) is 0.141. The van der Waals surface area contributed by atoms with Crippen LogP contribution in [0.25, 0.3) is 22.3 Å². The second kappa shape index (κ2) is 14.9. The zero-order chi connectivity index (χ0) is 40.3. The predicted molar refractivity (Wildman–Crippen MR) is 252 cm³/mol. The predicted octanol–water partition coefficient (Wildman–Crippen LogP) is 16.4. The highest BCUT2D eigenvalue weighted by Crippen LogP contribution is 2.73. The molecule has 3 aliphatic carbocycles. The standard InChI is InChI=1S/C58H51NS/c1-58(2)55-25-15-24-52(42-16-7-3-8-17-42)57(55)53-37-34-47(40-56(53)58)59(45-30-28-43(29-31-45)54-39-41-26-27-44(54)38-41)46-32-35-51(36-33-46)60(48-18-9-4-10-19-48,49-20-11-5-12-21-49)50-22-13-6-14-23-50/h3-25,28-37,40-41,44,54H,26-27,38-39H2,1-2H3. The molecule has 0 N–H and O–H groups in total. The van der Waals surface area contributed by atoms with Crippen molar-refractivity contribution in [1.82, 2.24) is 0 Å². The summed E-state index contributed by atoms with van der Waals surface area (Å²) in [4.78, 5) is 7.81. The normalized spacial score (nSPS) is 18.8. The molecule has 8 aromatic carbocycles. The summed E-state index contributed by atoms with van der Waals surface area (Å²) >= 11 is 0. The van der Waals surface area contributed by atoms with Crippen molar-refractivity contribution in [3.8, 4) is 22.3 Å². The van der Waals surface area contributed by atoms with E-state index in [1.165, 1.54) is 95.6 Å². The average molecular weight is 794 g/mol. The van der Waals surface area contributed by atoms with Gasteiger partial charge < -0.3 is 4.90 Å². The van der Waals surface area contributed by atoms with E-state index in [0.29, 0.717) is 5.92 Å². The van der Waals surface area contributed by atoms with Gasteiger partial charge in [-0.25, -0.2) is 0 Å². The first-order valence-corrected chi connectivity index (χ1v) is 23.5. The van der Waals surface area contributed by atoms with Gasteiger partial charge in [-0.05, 0) is 161 Å². The van der Waals surface area contributed by atoms with Crippen LogP contribution in [0, 0.1) is 11.8 Å². The van der Waals surface area contributed by atoms with Gasteiger partial charge in [0.15, 0.2) is 0 Å². The lowest BCUT2D eigenvalue weighted by Crippen LogP contribution is -2.16. The molecule has 0 aliphatic heterocycles. The zero-order valence-electron chi connectivity index (χ0n) is 34.5. The van der Waals surface area contributed by atoms with Crippen LogP contribution in [-0.4, -0.2) is 0 Å². The van der Waals surface area contributed by atoms with Crippen LogP contribution in [-0.2, 0) is 5.41 Å². The van der Waals surface area contributed by atoms with Gasteiger partial charge in [-0.2, -0.15) is 0 Å². The van der Waals surface area contributed by atoms with Crippen LogP contribution in [0.4, 0.5) is 17.1 Å². The first kappa shape index (κ1) is 36.9. The highest BCUT2D eigenvalue weighted by atomic mass is 32.3. The van der Waals surface area contributed by atoms with E-state index in [9.17, 15) is 0 Å². The van der Waals surface area contributed by atoms with Gasteiger partial charge in [-0.3, -0.25) is 0 Å². The third kappa shape index (κ3) is 5.99. The van der Waals surface area contributed by atoms with E-state index in [4.69, 9.17) is 0 Å². The van der Waals surface area contributed by atoms with Gasteiger partial charge in [0.25, 0.3) is 0 Å². The third-order valence-corrected chi connectivity index (χ3v) is 18.0. The molecule has 2 saturated carbocycles. The average Bonchev–Trinajstić information content (AvgIpc) is 4.02. The molecule has 0 radical (unpaired) electrons. The molecule has 0 heterocycles. The minimum absolute atomic E-state index is 0.156. The summed E-state index contributed by atoms with van der Waals surface area (Å²) in [7, 11) is -1.80. The summed E-state index contributed by atoms with van der Waals surface area (Å²) in [6.45, 7) is 4.80. The molecule has 0 aromatic heterocycles. The van der Waals surface area contributed by atoms with E-state index >= 15 is 0 Å². The van der Waals surface area contributed by atoms with Crippen LogP contribution >= 0.6 is 10.0 Å². The first-order valence-electron chi connectivity index (χ1n) is 21.8. The number of fused-ring (bicyclic) bond motifs is 5. The smallest absolute Gasteiger partial charge is 0.0465 e. The Kier molecular flexibility index (Phi) is 9.16. The van der Waals surface area contributed by atoms with Crippen molar-refractivity contribution >= 4 is 27.1 Å². The molecule has 3 aliphatic rings. The lowest BCUT2D eigenvalue weighted by Gasteiger charge is -2.42. The minimum Gasteiger partial charge on any atom is -0.310 e. The Balaban J connectivity index is 1.06. The van der Waals surface area contributed by atoms with E-state index in [-0.39, 0.29) is 5.41 Å². The molecule has 8 aromatic rings. The number of rotatable bonds is 9. The second-order valence-electron chi connectivity index (χ2n) is 17.7. The molecule has 3 unspecified atom stereocenters. The Morgan fingerprint density at radius 2 is 0.983 bits per heavy atom. The second-order valence-corrected chi connectivity index (χ2v) is 20.8. The van der Waals surface area contributed by atoms with Crippen LogP contribution in [0.2, 0.25) is 0 Å². The fraction of sp³-hybridized carbons (Fsp3) is 0.172. The maximum absolute atomic E-state index is 2.50. The van der Waals surface area contributed by atoms with Crippen molar-refractivity contribution in [2.45, 2.75) is 70.4 Å². The molecule has 3 atom stereocenters. The van der Waals surface area contributed by atoms with Crippen LogP contribution in [0.15, 0.2) is 226 Å². The summed E-state index contributed by atoms with van der Waals surface area (Å²) in [5.41, 5.74) is 12.9. The van der Waals surface area contributed by atoms with E-state index < -0.39 is 10.0 Å². The topological polar surface area (TPSA) is 3.24 Å². The SMILES string of the molecule is CC1(C)c2cc(N(c3ccc(C4CC5CCC4C5)cc3)c3ccc(S(c4ccccc4)(c4ccccc4)c4ccccc4)cc3)ccc2-c2c(-c3ccccc3)cccc21. The van der Waals surface area contributed by atoms with Crippen LogP contribution < -0.4 is 4.90 Å². The Morgan fingerprint density at radius 3 is 1.53 bits per heavy atom. The van der Waals surface area contributed by atoms with Crippen molar-refractivity contribution < 1.29 is 0 Å². The molecule has 2 heteroatoms. The lowest BCUT2D eigenvalue weighted by molar-refractivity contribution is 0.420. The summed E-state index contributed by atoms with van der Waals surface area (Å²) in [5, 5.41) is 0. The van der Waals surface area contributed by atoms with E-state index in [1.54, 1.807) is 0 Å². The molecule has 0 spiro atoms. The first-order chi connectivity index (χ1) is 29.5. The lowest BCUT2D eigenvalue weighted by atomic mass is 9.81. The maximum Gasteiger partial charge on any atom is 0.0465 e. The van der Waals surface area contributed by atoms with Crippen molar-refractivity contribution in [3.63, 3.8) is 0 Å². The summed E-state index contributed by atoms with van der Waals surface area (Å²) in [6.07, 6.45) is 5.60. The minimum atomic E-state index is -1.80. The monoisotopic (exact) mass is 793 g/mol. The van der Waals surface area contributed by atoms with Gasteiger partial charge in [-0.1, -0.05) is 142 Å². The van der Waals surface area contributed by atoms with Gasteiger partial charge in [0.05, 0.1) is 0 Å². The van der Waals surface area contributed by atoms with Crippen molar-refractivity contribution in [2.75, 3.05) is 4.90 Å². The molecular formula is C58H51NS. The van der Waals surface area contributed by atoms with Crippen LogP contribution in [0.5, 0.6) is 0 Å².